The lowest BCUT2D eigenvalue weighted by atomic mass is 9.89. The molecule has 2 nitrogen and oxygen atoms in total. The fourth-order valence-corrected chi connectivity index (χ4v) is 3.32. The van der Waals surface area contributed by atoms with Crippen LogP contribution in [-0.2, 0) is 17.7 Å². The number of rotatable bonds is 3. The summed E-state index contributed by atoms with van der Waals surface area (Å²) < 4.78 is 19.2. The van der Waals surface area contributed by atoms with Gasteiger partial charge in [0.1, 0.15) is 5.82 Å². The molecular weight excluding hydrogens is 241 g/mol. The van der Waals surface area contributed by atoms with Gasteiger partial charge in [0, 0.05) is 19.2 Å². The summed E-state index contributed by atoms with van der Waals surface area (Å²) in [4.78, 5) is 2.50. The van der Waals surface area contributed by atoms with Crippen molar-refractivity contribution in [3.8, 4) is 0 Å². The first-order chi connectivity index (χ1) is 9.26. The minimum absolute atomic E-state index is 0.0778. The average Bonchev–Trinajstić information content (AvgIpc) is 2.44. The van der Waals surface area contributed by atoms with E-state index in [4.69, 9.17) is 4.74 Å². The molecule has 0 aromatic heterocycles. The molecule has 1 aromatic carbocycles. The molecule has 2 bridgehead atoms. The van der Waals surface area contributed by atoms with Gasteiger partial charge < -0.3 is 4.74 Å². The van der Waals surface area contributed by atoms with E-state index < -0.39 is 0 Å². The van der Waals surface area contributed by atoms with Crippen molar-refractivity contribution in [2.75, 3.05) is 19.8 Å². The number of nitrogens with zero attached hydrogens (tertiary/aromatic N) is 1. The highest BCUT2D eigenvalue weighted by Crippen LogP contribution is 2.28. The van der Waals surface area contributed by atoms with Crippen molar-refractivity contribution in [3.05, 3.63) is 35.1 Å². The molecule has 2 heterocycles. The molecular formula is C16H22FNO. The highest BCUT2D eigenvalue weighted by atomic mass is 19.1. The second-order valence-electron chi connectivity index (χ2n) is 5.83. The molecule has 2 aliphatic rings. The molecule has 2 saturated heterocycles. The molecule has 2 atom stereocenters. The number of ether oxygens (including phenoxy) is 1. The minimum atomic E-state index is -0.0778. The van der Waals surface area contributed by atoms with E-state index in [9.17, 15) is 4.39 Å². The lowest BCUT2D eigenvalue weighted by Gasteiger charge is -2.42. The summed E-state index contributed by atoms with van der Waals surface area (Å²) in [5.74, 6) is 0.681. The van der Waals surface area contributed by atoms with E-state index in [2.05, 4.69) is 4.90 Å². The Bertz CT molecular complexity index is 448. The molecule has 104 valence electrons. The van der Waals surface area contributed by atoms with Crippen molar-refractivity contribution >= 4 is 0 Å². The van der Waals surface area contributed by atoms with Gasteiger partial charge in [0.25, 0.3) is 0 Å². The SMILES string of the molecule is CCc1cc(CN2CCC3COCC2C3)ccc1F. The molecule has 2 unspecified atom stereocenters. The maximum Gasteiger partial charge on any atom is 0.126 e. The van der Waals surface area contributed by atoms with Crippen molar-refractivity contribution in [2.24, 2.45) is 5.92 Å². The number of hydrogen-bond donors (Lipinski definition) is 0. The molecule has 1 aromatic rings. The molecule has 3 heteroatoms. The van der Waals surface area contributed by atoms with E-state index >= 15 is 0 Å². The first-order valence-corrected chi connectivity index (χ1v) is 7.35. The Labute approximate surface area is 114 Å². The minimum Gasteiger partial charge on any atom is -0.380 e. The summed E-state index contributed by atoms with van der Waals surface area (Å²) in [5.41, 5.74) is 2.05. The first kappa shape index (κ1) is 13.1. The third-order valence-corrected chi connectivity index (χ3v) is 4.49. The molecule has 0 N–H and O–H groups in total. The molecule has 0 radical (unpaired) electrons. The standard InChI is InChI=1S/C16H22FNO/c1-2-14-7-12(3-4-16(14)17)9-18-6-5-13-8-15(18)11-19-10-13/h3-4,7,13,15H,2,5-6,8-11H2,1H3. The van der Waals surface area contributed by atoms with Crippen LogP contribution < -0.4 is 0 Å². The van der Waals surface area contributed by atoms with Gasteiger partial charge in [0.15, 0.2) is 0 Å². The van der Waals surface area contributed by atoms with Crippen LogP contribution in [0.15, 0.2) is 18.2 Å². The smallest absolute Gasteiger partial charge is 0.126 e. The zero-order valence-corrected chi connectivity index (χ0v) is 11.6. The van der Waals surface area contributed by atoms with Gasteiger partial charge >= 0.3 is 0 Å². The summed E-state index contributed by atoms with van der Waals surface area (Å²) in [5, 5.41) is 0. The Balaban J connectivity index is 1.70. The predicted octanol–water partition coefficient (Wildman–Crippen LogP) is 3.00. The van der Waals surface area contributed by atoms with Crippen LogP contribution in [0.1, 0.15) is 30.9 Å². The molecule has 0 spiro atoms. The van der Waals surface area contributed by atoms with E-state index in [1.165, 1.54) is 18.4 Å². The van der Waals surface area contributed by atoms with Crippen LogP contribution in [0.3, 0.4) is 0 Å². The topological polar surface area (TPSA) is 12.5 Å². The molecule has 19 heavy (non-hydrogen) atoms. The van der Waals surface area contributed by atoms with Crippen LogP contribution in [-0.4, -0.2) is 30.7 Å². The summed E-state index contributed by atoms with van der Waals surface area (Å²) in [6, 6.07) is 6.11. The number of fused-ring (bicyclic) bond motifs is 2. The second kappa shape index (κ2) is 5.59. The summed E-state index contributed by atoms with van der Waals surface area (Å²) in [7, 11) is 0. The maximum atomic E-state index is 13.5. The number of halogens is 1. The van der Waals surface area contributed by atoms with E-state index in [1.54, 1.807) is 6.07 Å². The van der Waals surface area contributed by atoms with Crippen LogP contribution in [0.4, 0.5) is 4.39 Å². The molecule has 2 fully saturated rings. The molecule has 0 saturated carbocycles. The van der Waals surface area contributed by atoms with Gasteiger partial charge in [0.05, 0.1) is 6.61 Å². The Morgan fingerprint density at radius 2 is 2.26 bits per heavy atom. The second-order valence-corrected chi connectivity index (χ2v) is 5.83. The van der Waals surface area contributed by atoms with E-state index in [1.807, 2.05) is 19.1 Å². The van der Waals surface area contributed by atoms with Crippen LogP contribution in [0.2, 0.25) is 0 Å². The van der Waals surface area contributed by atoms with Gasteiger partial charge in [-0.2, -0.15) is 0 Å². The quantitative estimate of drug-likeness (QED) is 0.831. The van der Waals surface area contributed by atoms with Crippen molar-refractivity contribution < 1.29 is 9.13 Å². The highest BCUT2D eigenvalue weighted by Gasteiger charge is 2.32. The lowest BCUT2D eigenvalue weighted by molar-refractivity contribution is -0.0500. The Morgan fingerprint density at radius 3 is 3.11 bits per heavy atom. The summed E-state index contributed by atoms with van der Waals surface area (Å²) >= 11 is 0. The molecule has 3 rings (SSSR count). The normalized spacial score (nSPS) is 27.5. The lowest BCUT2D eigenvalue weighted by Crippen LogP contribution is -2.48. The molecule has 2 aliphatic heterocycles. The predicted molar refractivity (Wildman–Crippen MR) is 73.5 cm³/mol. The number of hydrogen-bond acceptors (Lipinski definition) is 2. The molecule has 0 aliphatic carbocycles. The largest absolute Gasteiger partial charge is 0.380 e. The Hall–Kier alpha value is -0.930. The zero-order chi connectivity index (χ0) is 13.2. The summed E-state index contributed by atoms with van der Waals surface area (Å²) in [6.07, 6.45) is 3.26. The van der Waals surface area contributed by atoms with Crippen LogP contribution in [0.25, 0.3) is 0 Å². The van der Waals surface area contributed by atoms with Gasteiger partial charge in [0.2, 0.25) is 0 Å². The number of piperidine rings is 1. The highest BCUT2D eigenvalue weighted by molar-refractivity contribution is 5.25. The van der Waals surface area contributed by atoms with E-state index in [0.29, 0.717) is 6.04 Å². The summed E-state index contributed by atoms with van der Waals surface area (Å²) in [6.45, 7) is 5.88. The monoisotopic (exact) mass is 263 g/mol. The van der Waals surface area contributed by atoms with Crippen LogP contribution >= 0.6 is 0 Å². The number of aryl methyl sites for hydroxylation is 1. The van der Waals surface area contributed by atoms with Crippen molar-refractivity contribution in [1.82, 2.24) is 4.90 Å². The fraction of sp³-hybridized carbons (Fsp3) is 0.625. The number of likely N-dealkylation sites (tertiary alicyclic amines) is 1. The van der Waals surface area contributed by atoms with Gasteiger partial charge in [-0.1, -0.05) is 19.1 Å². The number of benzene rings is 1. The Morgan fingerprint density at radius 1 is 1.37 bits per heavy atom. The van der Waals surface area contributed by atoms with Gasteiger partial charge in [-0.15, -0.1) is 0 Å². The fourth-order valence-electron chi connectivity index (χ4n) is 3.32. The first-order valence-electron chi connectivity index (χ1n) is 7.35. The van der Waals surface area contributed by atoms with Gasteiger partial charge in [-0.3, -0.25) is 4.90 Å². The van der Waals surface area contributed by atoms with E-state index in [-0.39, 0.29) is 5.82 Å². The third-order valence-electron chi connectivity index (χ3n) is 4.49. The van der Waals surface area contributed by atoms with Crippen molar-refractivity contribution in [3.63, 3.8) is 0 Å². The molecule has 0 amide bonds. The van der Waals surface area contributed by atoms with Gasteiger partial charge in [-0.25, -0.2) is 4.39 Å². The maximum absolute atomic E-state index is 13.5. The van der Waals surface area contributed by atoms with E-state index in [0.717, 1.165) is 44.2 Å². The average molecular weight is 263 g/mol. The zero-order valence-electron chi connectivity index (χ0n) is 11.6. The third kappa shape index (κ3) is 2.82. The van der Waals surface area contributed by atoms with Crippen molar-refractivity contribution in [2.45, 2.75) is 38.8 Å². The Kier molecular flexibility index (Phi) is 3.85. The van der Waals surface area contributed by atoms with Crippen LogP contribution in [0, 0.1) is 11.7 Å². The van der Waals surface area contributed by atoms with Gasteiger partial charge in [-0.05, 0) is 48.9 Å². The van der Waals surface area contributed by atoms with Crippen LogP contribution in [0.5, 0.6) is 0 Å². The van der Waals surface area contributed by atoms with Crippen molar-refractivity contribution in [1.29, 1.82) is 0 Å².